The van der Waals surface area contributed by atoms with Gasteiger partial charge in [-0.2, -0.15) is 13.2 Å². The van der Waals surface area contributed by atoms with Gasteiger partial charge in [0.2, 0.25) is 11.8 Å². The van der Waals surface area contributed by atoms with Gasteiger partial charge in [0.25, 0.3) is 5.56 Å². The molecule has 0 radical (unpaired) electrons. The number of pyridine rings is 2. The number of carbonyl (C=O) groups is 5. The molecule has 280 valence electrons. The van der Waals surface area contributed by atoms with Gasteiger partial charge in [-0.25, -0.2) is 14.6 Å². The van der Waals surface area contributed by atoms with Crippen LogP contribution in [-0.2, 0) is 53.9 Å². The summed E-state index contributed by atoms with van der Waals surface area (Å²) in [5, 5.41) is 21.6. The fourth-order valence-corrected chi connectivity index (χ4v) is 5.89. The lowest BCUT2D eigenvalue weighted by Crippen LogP contribution is -2.44. The topological polar surface area (TPSA) is 243 Å². The molecular formula is C34H38F3N5O10. The largest absolute Gasteiger partial charge is 0.490 e. The number of carboxylic acids is 1. The molecule has 15 nitrogen and oxygen atoms in total. The fraction of sp³-hybridized carbons (Fsp3) is 0.441. The number of hydrogen-bond acceptors (Lipinski definition) is 11. The van der Waals surface area contributed by atoms with E-state index < -0.39 is 53.0 Å². The van der Waals surface area contributed by atoms with Gasteiger partial charge in [-0.05, 0) is 62.9 Å². The van der Waals surface area contributed by atoms with Crippen LogP contribution >= 0.6 is 0 Å². The van der Waals surface area contributed by atoms with Crippen molar-refractivity contribution in [2.24, 2.45) is 16.9 Å². The summed E-state index contributed by atoms with van der Waals surface area (Å²) in [6.07, 6.45) is -4.45. The number of aromatic nitrogens is 2. The van der Waals surface area contributed by atoms with Crippen LogP contribution in [0.15, 0.2) is 29.1 Å². The van der Waals surface area contributed by atoms with E-state index in [4.69, 9.17) is 35.8 Å². The number of nitrogens with two attached hydrogens (primary N) is 2. The lowest BCUT2D eigenvalue weighted by molar-refractivity contribution is -0.192. The van der Waals surface area contributed by atoms with E-state index in [-0.39, 0.29) is 55.6 Å². The van der Waals surface area contributed by atoms with E-state index in [1.54, 1.807) is 49.6 Å². The molecule has 52 heavy (non-hydrogen) atoms. The first-order valence-corrected chi connectivity index (χ1v) is 16.1. The maximum Gasteiger partial charge on any atom is 0.490 e. The number of carbonyl (C=O) groups excluding carboxylic acids is 4. The number of cyclic esters (lactones) is 1. The number of fused-ring (bicyclic) bond motifs is 5. The third-order valence-corrected chi connectivity index (χ3v) is 8.94. The summed E-state index contributed by atoms with van der Waals surface area (Å²) in [4.78, 5) is 76.1. The number of rotatable bonds is 10. The number of primary amides is 1. The highest BCUT2D eigenvalue weighted by atomic mass is 19.4. The van der Waals surface area contributed by atoms with Crippen LogP contribution < -0.4 is 27.1 Å². The number of aryl methyl sites for hydroxylation is 1. The van der Waals surface area contributed by atoms with Gasteiger partial charge in [0.15, 0.2) is 5.60 Å². The first kappa shape index (κ1) is 39.4. The number of alkyl halides is 3. The molecule has 2 aliphatic rings. The first-order chi connectivity index (χ1) is 24.2. The summed E-state index contributed by atoms with van der Waals surface area (Å²) in [6.45, 7) is 7.23. The van der Waals surface area contributed by atoms with Crippen molar-refractivity contribution in [3.8, 4) is 17.1 Å². The van der Waals surface area contributed by atoms with Crippen molar-refractivity contribution in [3.63, 3.8) is 0 Å². The summed E-state index contributed by atoms with van der Waals surface area (Å²) >= 11 is 0. The van der Waals surface area contributed by atoms with Gasteiger partial charge in [0.1, 0.15) is 12.4 Å². The second-order valence-electron chi connectivity index (χ2n) is 12.9. The molecular weight excluding hydrogens is 695 g/mol. The number of nitrogens with one attached hydrogen (secondary N) is 1. The number of aliphatic carboxylic acids is 1. The lowest BCUT2D eigenvalue weighted by atomic mass is 9.86. The van der Waals surface area contributed by atoms with Crippen LogP contribution in [0.2, 0.25) is 0 Å². The molecule has 0 bridgehead atoms. The maximum absolute atomic E-state index is 13.6. The molecule has 0 spiro atoms. The van der Waals surface area contributed by atoms with E-state index in [0.29, 0.717) is 29.1 Å². The third-order valence-electron chi connectivity index (χ3n) is 8.94. The molecule has 0 fully saturated rings. The van der Waals surface area contributed by atoms with Gasteiger partial charge in [0, 0.05) is 23.1 Å². The zero-order valence-electron chi connectivity index (χ0n) is 28.7. The summed E-state index contributed by atoms with van der Waals surface area (Å²) in [5.41, 5.74) is 11.6. The monoisotopic (exact) mass is 733 g/mol. The first-order valence-electron chi connectivity index (χ1n) is 16.1. The Morgan fingerprint density at radius 2 is 1.79 bits per heavy atom. The normalized spacial score (nSPS) is 16.8. The molecule has 2 aromatic heterocycles. The van der Waals surface area contributed by atoms with Gasteiger partial charge in [-0.3, -0.25) is 19.2 Å². The predicted octanol–water partition coefficient (Wildman–Crippen LogP) is 1.92. The van der Waals surface area contributed by atoms with E-state index >= 15 is 0 Å². The Balaban J connectivity index is 0.000000785. The Morgan fingerprint density at radius 3 is 2.37 bits per heavy atom. The van der Waals surface area contributed by atoms with Crippen molar-refractivity contribution >= 4 is 40.6 Å². The summed E-state index contributed by atoms with van der Waals surface area (Å²) in [5.74, 6) is -4.94. The van der Waals surface area contributed by atoms with Gasteiger partial charge in [-0.1, -0.05) is 13.8 Å². The molecule has 18 heteroatoms. The quantitative estimate of drug-likeness (QED) is 0.116. The Morgan fingerprint density at radius 1 is 1.13 bits per heavy atom. The zero-order valence-corrected chi connectivity index (χ0v) is 28.7. The van der Waals surface area contributed by atoms with Crippen molar-refractivity contribution in [2.45, 2.75) is 84.3 Å². The fourth-order valence-electron chi connectivity index (χ4n) is 5.89. The van der Waals surface area contributed by atoms with Gasteiger partial charge in [-0.15, -0.1) is 0 Å². The number of ether oxygens (including phenoxy) is 2. The standard InChI is InChI=1S/C32H37N5O8.C2HF3O2/c1-5-17-18-11-16(45-29(41)31(3,4)9-10-35-27(39)22(33)13-25(34)38)7-8-23(18)36-26-19(17)14-37-24(26)12-21-20(28(37)40)15-44-30(42)32(21,43)6-2;3-2(4,5)1(6)7/h7-8,11-12,22,43H,5-6,9-10,13-15,33H2,1-4H3,(H2,34,38)(H,35,39);(H,6,7)/t22-,32+;/m1./s1. The molecule has 3 aromatic rings. The summed E-state index contributed by atoms with van der Waals surface area (Å²) < 4.78 is 44.3. The van der Waals surface area contributed by atoms with Crippen LogP contribution in [0.5, 0.6) is 5.75 Å². The van der Waals surface area contributed by atoms with Crippen molar-refractivity contribution in [1.29, 1.82) is 0 Å². The minimum Gasteiger partial charge on any atom is -0.475 e. The summed E-state index contributed by atoms with van der Waals surface area (Å²) in [7, 11) is 0. The van der Waals surface area contributed by atoms with Gasteiger partial charge < -0.3 is 41.0 Å². The van der Waals surface area contributed by atoms with E-state index in [1.807, 2.05) is 6.92 Å². The highest BCUT2D eigenvalue weighted by Gasteiger charge is 2.45. The number of esters is 2. The minimum absolute atomic E-state index is 0.0536. The number of amides is 2. The van der Waals surface area contributed by atoms with Crippen LogP contribution in [0.3, 0.4) is 0 Å². The molecule has 0 saturated heterocycles. The van der Waals surface area contributed by atoms with Crippen molar-refractivity contribution in [2.75, 3.05) is 6.54 Å². The van der Waals surface area contributed by atoms with Crippen molar-refractivity contribution < 1.29 is 56.8 Å². The average molecular weight is 734 g/mol. The number of halogens is 3. The van der Waals surface area contributed by atoms with E-state index in [9.17, 15) is 42.3 Å². The minimum atomic E-state index is -5.08. The van der Waals surface area contributed by atoms with E-state index in [2.05, 4.69) is 5.32 Å². The number of aliphatic hydroxyl groups is 1. The maximum atomic E-state index is 13.6. The molecule has 0 aliphatic carbocycles. The third kappa shape index (κ3) is 7.76. The average Bonchev–Trinajstić information content (AvgIpc) is 3.43. The highest BCUT2D eigenvalue weighted by Crippen LogP contribution is 2.41. The van der Waals surface area contributed by atoms with Crippen LogP contribution in [0.4, 0.5) is 13.2 Å². The SMILES string of the molecule is CCc1c2c(nc3ccc(OC(=O)C(C)(C)CCNC(=O)[C@H](N)CC(N)=O)cc13)-c1cc3c(c(=O)n1C2)COC(=O)[C@]3(O)CC.O=C(O)C(F)(F)F. The van der Waals surface area contributed by atoms with Crippen LogP contribution in [0.25, 0.3) is 22.3 Å². The second kappa shape index (κ2) is 14.7. The molecule has 5 rings (SSSR count). The number of carboxylic acid groups (broad SMARTS) is 1. The van der Waals surface area contributed by atoms with Crippen LogP contribution in [-0.4, -0.2) is 68.2 Å². The molecule has 0 saturated carbocycles. The molecule has 0 unspecified atom stereocenters. The zero-order chi connectivity index (χ0) is 38.9. The lowest BCUT2D eigenvalue weighted by Gasteiger charge is -2.31. The van der Waals surface area contributed by atoms with E-state index in [1.165, 1.54) is 0 Å². The molecule has 2 aliphatic heterocycles. The molecule has 1 aromatic carbocycles. The summed E-state index contributed by atoms with van der Waals surface area (Å²) in [6, 6.07) is 5.74. The van der Waals surface area contributed by atoms with Gasteiger partial charge >= 0.3 is 24.1 Å². The Bertz CT molecular complexity index is 2030. The van der Waals surface area contributed by atoms with Crippen LogP contribution in [0.1, 0.15) is 69.2 Å². The number of nitrogens with zero attached hydrogens (tertiary/aromatic N) is 2. The van der Waals surface area contributed by atoms with Crippen molar-refractivity contribution in [3.05, 3.63) is 56.9 Å². The van der Waals surface area contributed by atoms with E-state index in [0.717, 1.165) is 16.5 Å². The number of benzene rings is 1. The molecule has 4 heterocycles. The molecule has 2 amide bonds. The van der Waals surface area contributed by atoms with Crippen molar-refractivity contribution in [1.82, 2.24) is 14.9 Å². The molecule has 2 atom stereocenters. The molecule has 7 N–H and O–H groups in total. The predicted molar refractivity (Wildman–Crippen MR) is 176 cm³/mol. The Labute approximate surface area is 294 Å². The van der Waals surface area contributed by atoms with Crippen LogP contribution in [0, 0.1) is 5.41 Å². The Kier molecular flexibility index (Phi) is 11.2. The van der Waals surface area contributed by atoms with Gasteiger partial charge in [0.05, 0.1) is 46.9 Å². The number of hydrogen-bond donors (Lipinski definition) is 5. The second-order valence-corrected chi connectivity index (χ2v) is 12.9. The highest BCUT2D eigenvalue weighted by molar-refractivity contribution is 5.91. The Hall–Kier alpha value is -5.36. The smallest absolute Gasteiger partial charge is 0.475 e.